The molecule has 0 aliphatic heterocycles. The van der Waals surface area contributed by atoms with Gasteiger partial charge in [0.1, 0.15) is 17.1 Å². The van der Waals surface area contributed by atoms with Gasteiger partial charge in [-0.3, -0.25) is 4.79 Å². The van der Waals surface area contributed by atoms with Crippen LogP contribution in [-0.4, -0.2) is 10.9 Å². The number of carbonyl (C=O) groups excluding carboxylic acids is 1. The van der Waals surface area contributed by atoms with E-state index in [1.54, 1.807) is 0 Å². The molecule has 0 saturated heterocycles. The number of nitrogen functional groups attached to an aromatic ring is 1. The van der Waals surface area contributed by atoms with E-state index in [9.17, 15) is 9.18 Å². The van der Waals surface area contributed by atoms with Gasteiger partial charge >= 0.3 is 0 Å². The van der Waals surface area contributed by atoms with Crippen molar-refractivity contribution >= 4 is 27.5 Å². The molecule has 0 aliphatic carbocycles. The number of benzene rings is 1. The molecule has 0 bridgehead atoms. The molecule has 0 radical (unpaired) electrons. The topological polar surface area (TPSA) is 91.2 Å². The fourth-order valence-electron chi connectivity index (χ4n) is 1.38. The Morgan fingerprint density at radius 1 is 1.37 bits per heavy atom. The van der Waals surface area contributed by atoms with Gasteiger partial charge in [-0.05, 0) is 34.1 Å². The van der Waals surface area contributed by atoms with Gasteiger partial charge < -0.3 is 16.2 Å². The summed E-state index contributed by atoms with van der Waals surface area (Å²) in [7, 11) is 0. The zero-order valence-corrected chi connectivity index (χ0v) is 11.1. The van der Waals surface area contributed by atoms with Crippen molar-refractivity contribution in [1.29, 1.82) is 0 Å². The van der Waals surface area contributed by atoms with Crippen LogP contribution < -0.4 is 16.2 Å². The van der Waals surface area contributed by atoms with Crippen molar-refractivity contribution in [1.82, 2.24) is 4.98 Å². The summed E-state index contributed by atoms with van der Waals surface area (Å²) in [5.74, 6) is -1.05. The molecule has 5 nitrogen and oxygen atoms in total. The lowest BCUT2D eigenvalue weighted by molar-refractivity contribution is 0.0997. The minimum absolute atomic E-state index is 0.0246. The average molecular weight is 326 g/mol. The van der Waals surface area contributed by atoms with Crippen molar-refractivity contribution in [2.45, 2.75) is 0 Å². The first-order valence-electron chi connectivity index (χ1n) is 5.15. The van der Waals surface area contributed by atoms with Crippen LogP contribution in [0.15, 0.2) is 34.9 Å². The van der Waals surface area contributed by atoms with Crippen molar-refractivity contribution in [3.05, 3.63) is 46.3 Å². The molecule has 98 valence electrons. The average Bonchev–Trinajstić information content (AvgIpc) is 2.36. The number of aromatic nitrogens is 1. The number of nitrogens with two attached hydrogens (primary N) is 2. The van der Waals surface area contributed by atoms with Crippen LogP contribution in [0.2, 0.25) is 0 Å². The third-order valence-corrected chi connectivity index (χ3v) is 2.89. The van der Waals surface area contributed by atoms with E-state index in [0.29, 0.717) is 4.47 Å². The van der Waals surface area contributed by atoms with E-state index >= 15 is 0 Å². The number of ether oxygens (including phenoxy) is 1. The Bertz CT molecular complexity index is 649. The van der Waals surface area contributed by atoms with E-state index in [2.05, 4.69) is 20.9 Å². The fourth-order valence-corrected chi connectivity index (χ4v) is 1.62. The van der Waals surface area contributed by atoms with Crippen molar-refractivity contribution in [3.63, 3.8) is 0 Å². The molecule has 1 heterocycles. The second kappa shape index (κ2) is 5.23. The molecule has 0 spiro atoms. The largest absolute Gasteiger partial charge is 0.438 e. The zero-order chi connectivity index (χ0) is 14.0. The normalized spacial score (nSPS) is 10.2. The van der Waals surface area contributed by atoms with Gasteiger partial charge in [0.2, 0.25) is 5.88 Å². The predicted octanol–water partition coefficient (Wildman–Crippen LogP) is 2.46. The molecule has 2 rings (SSSR count). The Balaban J connectivity index is 2.37. The highest BCUT2D eigenvalue weighted by Gasteiger charge is 2.13. The third kappa shape index (κ3) is 3.00. The number of primary amides is 1. The Morgan fingerprint density at radius 2 is 2.11 bits per heavy atom. The van der Waals surface area contributed by atoms with Crippen LogP contribution in [0.5, 0.6) is 11.6 Å². The van der Waals surface area contributed by atoms with Gasteiger partial charge in [-0.2, -0.15) is 0 Å². The minimum atomic E-state index is -0.729. The van der Waals surface area contributed by atoms with Crippen LogP contribution in [0.25, 0.3) is 0 Å². The van der Waals surface area contributed by atoms with E-state index in [1.165, 1.54) is 24.4 Å². The fraction of sp³-hybridized carbons (Fsp3) is 0. The van der Waals surface area contributed by atoms with Gasteiger partial charge in [-0.25, -0.2) is 9.37 Å². The highest BCUT2D eigenvalue weighted by Crippen LogP contribution is 2.27. The summed E-state index contributed by atoms with van der Waals surface area (Å²) >= 11 is 3.03. The summed E-state index contributed by atoms with van der Waals surface area (Å²) in [6.45, 7) is 0. The quantitative estimate of drug-likeness (QED) is 0.906. The predicted molar refractivity (Wildman–Crippen MR) is 71.3 cm³/mol. The molecule has 0 saturated carbocycles. The number of amides is 1. The molecule has 7 heteroatoms. The Labute approximate surface area is 116 Å². The first-order valence-corrected chi connectivity index (χ1v) is 5.95. The maximum absolute atomic E-state index is 13.3. The van der Waals surface area contributed by atoms with E-state index in [-0.39, 0.29) is 22.9 Å². The molecule has 4 N–H and O–H groups in total. The van der Waals surface area contributed by atoms with E-state index < -0.39 is 11.7 Å². The van der Waals surface area contributed by atoms with Gasteiger partial charge in [0.25, 0.3) is 5.91 Å². The number of anilines is 1. The standard InChI is InChI=1S/C12H9BrFN3O2/c13-9-2-1-7(4-10(9)14)19-12-8(11(16)18)3-6(15)5-17-12/h1-5H,15H2,(H2,16,18). The van der Waals surface area contributed by atoms with Gasteiger partial charge in [0, 0.05) is 6.07 Å². The monoisotopic (exact) mass is 325 g/mol. The number of hydrogen-bond acceptors (Lipinski definition) is 4. The SMILES string of the molecule is NC(=O)c1cc(N)cnc1Oc1ccc(Br)c(F)c1. The summed E-state index contributed by atoms with van der Waals surface area (Å²) in [4.78, 5) is 15.1. The molecule has 2 aromatic rings. The second-order valence-electron chi connectivity index (χ2n) is 3.66. The zero-order valence-electron chi connectivity index (χ0n) is 9.56. The summed E-state index contributed by atoms with van der Waals surface area (Å²) in [5.41, 5.74) is 11.0. The molecule has 19 heavy (non-hydrogen) atoms. The van der Waals surface area contributed by atoms with Crippen molar-refractivity contribution in [2.75, 3.05) is 5.73 Å². The lowest BCUT2D eigenvalue weighted by Gasteiger charge is -2.09. The van der Waals surface area contributed by atoms with Crippen LogP contribution in [0.3, 0.4) is 0 Å². The van der Waals surface area contributed by atoms with Crippen LogP contribution in [0.1, 0.15) is 10.4 Å². The summed E-state index contributed by atoms with van der Waals surface area (Å²) in [6.07, 6.45) is 1.32. The lowest BCUT2D eigenvalue weighted by atomic mass is 10.2. The third-order valence-electron chi connectivity index (χ3n) is 2.24. The molecule has 1 amide bonds. The van der Waals surface area contributed by atoms with Crippen molar-refractivity contribution in [2.24, 2.45) is 5.73 Å². The van der Waals surface area contributed by atoms with Crippen LogP contribution >= 0.6 is 15.9 Å². The number of halogens is 2. The highest BCUT2D eigenvalue weighted by molar-refractivity contribution is 9.10. The molecular formula is C12H9BrFN3O2. The molecule has 0 atom stereocenters. The van der Waals surface area contributed by atoms with Gasteiger partial charge in [-0.1, -0.05) is 0 Å². The van der Waals surface area contributed by atoms with Crippen LogP contribution in [-0.2, 0) is 0 Å². The smallest absolute Gasteiger partial charge is 0.254 e. The van der Waals surface area contributed by atoms with E-state index in [0.717, 1.165) is 6.07 Å². The van der Waals surface area contributed by atoms with Crippen molar-refractivity contribution < 1.29 is 13.9 Å². The first kappa shape index (κ1) is 13.3. The maximum atomic E-state index is 13.3. The van der Waals surface area contributed by atoms with Crippen molar-refractivity contribution in [3.8, 4) is 11.6 Å². The number of carbonyl (C=O) groups is 1. The highest BCUT2D eigenvalue weighted by atomic mass is 79.9. The van der Waals surface area contributed by atoms with E-state index in [1.807, 2.05) is 0 Å². The molecule has 0 fully saturated rings. The van der Waals surface area contributed by atoms with Gasteiger partial charge in [-0.15, -0.1) is 0 Å². The molecule has 0 aliphatic rings. The number of pyridine rings is 1. The first-order chi connectivity index (χ1) is 8.97. The van der Waals surface area contributed by atoms with Gasteiger partial charge in [0.05, 0.1) is 16.4 Å². The number of rotatable bonds is 3. The minimum Gasteiger partial charge on any atom is -0.438 e. The Hall–Kier alpha value is -2.15. The molecule has 0 unspecified atom stereocenters. The van der Waals surface area contributed by atoms with Crippen LogP contribution in [0.4, 0.5) is 10.1 Å². The number of nitrogens with zero attached hydrogens (tertiary/aromatic N) is 1. The Morgan fingerprint density at radius 3 is 2.74 bits per heavy atom. The summed E-state index contributed by atoms with van der Waals surface area (Å²) in [5, 5.41) is 0. The van der Waals surface area contributed by atoms with Crippen LogP contribution in [0, 0.1) is 5.82 Å². The second-order valence-corrected chi connectivity index (χ2v) is 4.52. The lowest BCUT2D eigenvalue weighted by Crippen LogP contribution is -2.13. The molecule has 1 aromatic carbocycles. The maximum Gasteiger partial charge on any atom is 0.254 e. The number of hydrogen-bond donors (Lipinski definition) is 2. The summed E-state index contributed by atoms with van der Waals surface area (Å²) in [6, 6.07) is 5.51. The van der Waals surface area contributed by atoms with Gasteiger partial charge in [0.15, 0.2) is 0 Å². The van der Waals surface area contributed by atoms with E-state index in [4.69, 9.17) is 16.2 Å². The molecule has 1 aromatic heterocycles. The summed E-state index contributed by atoms with van der Waals surface area (Å²) < 4.78 is 19.0. The molecular weight excluding hydrogens is 317 g/mol. The Kier molecular flexibility index (Phi) is 3.66.